The summed E-state index contributed by atoms with van der Waals surface area (Å²) in [6.07, 6.45) is 0.892. The number of nitrogens with zero attached hydrogens (tertiary/aromatic N) is 1. The zero-order chi connectivity index (χ0) is 13.1. The molecule has 1 amide bonds. The number of nitriles is 1. The Hall–Kier alpha value is -1.87. The fourth-order valence-corrected chi connectivity index (χ4v) is 1.98. The third kappa shape index (κ3) is 3.57. The molecule has 0 fully saturated rings. The van der Waals surface area contributed by atoms with Crippen LogP contribution in [0.15, 0.2) is 23.1 Å². The van der Waals surface area contributed by atoms with Crippen LogP contribution in [0.4, 0.5) is 5.69 Å². The molecule has 1 N–H and O–H groups in total. The molecule has 90 valence electrons. The largest absolute Gasteiger partial charge is 0.325 e. The van der Waals surface area contributed by atoms with Gasteiger partial charge in [0.15, 0.2) is 9.84 Å². The molecule has 0 aliphatic rings. The molecule has 1 aromatic carbocycles. The van der Waals surface area contributed by atoms with Crippen LogP contribution in [0.2, 0.25) is 0 Å². The van der Waals surface area contributed by atoms with Crippen molar-refractivity contribution in [2.75, 3.05) is 11.6 Å². The van der Waals surface area contributed by atoms with Crippen LogP contribution in [0.1, 0.15) is 12.0 Å². The molecule has 5 nitrogen and oxygen atoms in total. The van der Waals surface area contributed by atoms with Crippen molar-refractivity contribution in [3.05, 3.63) is 23.8 Å². The van der Waals surface area contributed by atoms with Crippen molar-refractivity contribution in [2.45, 2.75) is 18.2 Å². The summed E-state index contributed by atoms with van der Waals surface area (Å²) in [5.74, 6) is -0.414. The van der Waals surface area contributed by atoms with Gasteiger partial charge in [-0.3, -0.25) is 4.79 Å². The smallest absolute Gasteiger partial charge is 0.238 e. The van der Waals surface area contributed by atoms with Crippen LogP contribution in [0.3, 0.4) is 0 Å². The summed E-state index contributed by atoms with van der Waals surface area (Å²) in [5.41, 5.74) is 1.15. The Morgan fingerprint density at radius 1 is 1.47 bits per heavy atom. The molecule has 0 atom stereocenters. The van der Waals surface area contributed by atoms with E-state index in [1.807, 2.05) is 0 Å². The summed E-state index contributed by atoms with van der Waals surface area (Å²) in [6, 6.07) is 6.15. The molecule has 0 heterocycles. The predicted octanol–water partition coefficient (Wildman–Crippen LogP) is 1.25. The molecule has 6 heteroatoms. The van der Waals surface area contributed by atoms with Gasteiger partial charge in [-0.15, -0.1) is 0 Å². The van der Waals surface area contributed by atoms with Crippen LogP contribution >= 0.6 is 0 Å². The van der Waals surface area contributed by atoms with Gasteiger partial charge in [-0.05, 0) is 30.7 Å². The van der Waals surface area contributed by atoms with E-state index in [4.69, 9.17) is 5.26 Å². The normalized spacial score (nSPS) is 10.6. The SMILES string of the molecule is Cc1cc(S(C)(=O)=O)ccc1NC(=O)CC#N. The lowest BCUT2D eigenvalue weighted by Gasteiger charge is -2.08. The van der Waals surface area contributed by atoms with Crippen LogP contribution in [0.5, 0.6) is 0 Å². The zero-order valence-corrected chi connectivity index (χ0v) is 10.3. The minimum absolute atomic E-state index is 0.202. The van der Waals surface area contributed by atoms with Crippen molar-refractivity contribution in [2.24, 2.45) is 0 Å². The minimum Gasteiger partial charge on any atom is -0.325 e. The highest BCUT2D eigenvalue weighted by Crippen LogP contribution is 2.19. The lowest BCUT2D eigenvalue weighted by atomic mass is 10.2. The molecule has 0 aliphatic heterocycles. The van der Waals surface area contributed by atoms with Crippen molar-refractivity contribution in [3.63, 3.8) is 0 Å². The first-order valence-electron chi connectivity index (χ1n) is 4.82. The molecule has 0 radical (unpaired) electrons. The quantitative estimate of drug-likeness (QED) is 0.877. The van der Waals surface area contributed by atoms with E-state index < -0.39 is 15.7 Å². The van der Waals surface area contributed by atoms with E-state index in [1.165, 1.54) is 18.2 Å². The number of nitrogens with one attached hydrogen (secondary N) is 1. The second-order valence-corrected chi connectivity index (χ2v) is 5.65. The molecule has 0 saturated heterocycles. The van der Waals surface area contributed by atoms with E-state index in [0.29, 0.717) is 11.3 Å². The summed E-state index contributed by atoms with van der Waals surface area (Å²) in [7, 11) is -3.25. The van der Waals surface area contributed by atoms with Crippen molar-refractivity contribution in [3.8, 4) is 6.07 Å². The van der Waals surface area contributed by atoms with Gasteiger partial charge in [0.2, 0.25) is 5.91 Å². The number of anilines is 1. The highest BCUT2D eigenvalue weighted by Gasteiger charge is 2.10. The van der Waals surface area contributed by atoms with Gasteiger partial charge >= 0.3 is 0 Å². The first-order valence-corrected chi connectivity index (χ1v) is 6.71. The number of hydrogen-bond acceptors (Lipinski definition) is 4. The molecule has 0 aliphatic carbocycles. The maximum Gasteiger partial charge on any atom is 0.238 e. The first-order chi connectivity index (χ1) is 7.84. The second kappa shape index (κ2) is 4.97. The van der Waals surface area contributed by atoms with E-state index in [1.54, 1.807) is 13.0 Å². The van der Waals surface area contributed by atoms with Gasteiger partial charge in [0.25, 0.3) is 0 Å². The third-order valence-corrected chi connectivity index (χ3v) is 3.25. The van der Waals surface area contributed by atoms with Crippen LogP contribution in [-0.2, 0) is 14.6 Å². The van der Waals surface area contributed by atoms with Crippen LogP contribution in [-0.4, -0.2) is 20.6 Å². The second-order valence-electron chi connectivity index (χ2n) is 3.63. The van der Waals surface area contributed by atoms with E-state index >= 15 is 0 Å². The Balaban J connectivity index is 3.00. The van der Waals surface area contributed by atoms with Gasteiger partial charge in [0, 0.05) is 11.9 Å². The molecule has 0 aromatic heterocycles. The molecule has 1 aromatic rings. The average molecular weight is 252 g/mol. The van der Waals surface area contributed by atoms with Gasteiger partial charge in [-0.25, -0.2) is 8.42 Å². The summed E-state index contributed by atoms with van der Waals surface area (Å²) < 4.78 is 22.6. The zero-order valence-electron chi connectivity index (χ0n) is 9.52. The van der Waals surface area contributed by atoms with E-state index in [0.717, 1.165) is 6.26 Å². The van der Waals surface area contributed by atoms with E-state index in [2.05, 4.69) is 5.32 Å². The van der Waals surface area contributed by atoms with Gasteiger partial charge < -0.3 is 5.32 Å². The molecular formula is C11H12N2O3S. The Morgan fingerprint density at radius 3 is 2.59 bits per heavy atom. The summed E-state index contributed by atoms with van der Waals surface area (Å²) in [4.78, 5) is 11.4. The number of carbonyl (C=O) groups excluding carboxylic acids is 1. The number of sulfone groups is 1. The molecule has 1 rings (SSSR count). The minimum atomic E-state index is -3.25. The molecule has 0 saturated carbocycles. The standard InChI is InChI=1S/C11H12N2O3S/c1-8-7-9(17(2,15)16)3-4-10(8)13-11(14)5-6-12/h3-4,7H,5H2,1-2H3,(H,13,14). The lowest BCUT2D eigenvalue weighted by molar-refractivity contribution is -0.115. The fourth-order valence-electron chi connectivity index (χ4n) is 1.27. The molecule has 17 heavy (non-hydrogen) atoms. The molecule has 0 bridgehead atoms. The van der Waals surface area contributed by atoms with Crippen LogP contribution in [0.25, 0.3) is 0 Å². The number of aryl methyl sites for hydroxylation is 1. The Labute approximate surface area is 100.0 Å². The third-order valence-electron chi connectivity index (χ3n) is 2.14. The van der Waals surface area contributed by atoms with E-state index in [9.17, 15) is 13.2 Å². The number of carbonyl (C=O) groups is 1. The highest BCUT2D eigenvalue weighted by molar-refractivity contribution is 7.90. The average Bonchev–Trinajstić information content (AvgIpc) is 2.20. The number of rotatable bonds is 3. The van der Waals surface area contributed by atoms with Crippen LogP contribution in [0, 0.1) is 18.3 Å². The summed E-state index contributed by atoms with van der Waals surface area (Å²) in [6.45, 7) is 1.69. The van der Waals surface area contributed by atoms with Crippen LogP contribution < -0.4 is 5.32 Å². The number of hydrogen-bond donors (Lipinski definition) is 1. The first kappa shape index (κ1) is 13.2. The maximum atomic E-state index is 11.3. The van der Waals surface area contributed by atoms with Gasteiger partial charge in [0.05, 0.1) is 11.0 Å². The van der Waals surface area contributed by atoms with Gasteiger partial charge in [0.1, 0.15) is 6.42 Å². The van der Waals surface area contributed by atoms with E-state index in [-0.39, 0.29) is 11.3 Å². The highest BCUT2D eigenvalue weighted by atomic mass is 32.2. The van der Waals surface area contributed by atoms with Crippen molar-refractivity contribution in [1.82, 2.24) is 0 Å². The topological polar surface area (TPSA) is 87.0 Å². The van der Waals surface area contributed by atoms with Gasteiger partial charge in [-0.2, -0.15) is 5.26 Å². The Bertz CT molecular complexity index is 585. The van der Waals surface area contributed by atoms with Crippen molar-refractivity contribution < 1.29 is 13.2 Å². The van der Waals surface area contributed by atoms with Crippen molar-refractivity contribution >= 4 is 21.4 Å². The molecule has 0 spiro atoms. The fraction of sp³-hybridized carbons (Fsp3) is 0.273. The Kier molecular flexibility index (Phi) is 3.86. The monoisotopic (exact) mass is 252 g/mol. The number of amides is 1. The summed E-state index contributed by atoms with van der Waals surface area (Å²) in [5, 5.41) is 10.9. The maximum absolute atomic E-state index is 11.3. The van der Waals surface area contributed by atoms with Crippen molar-refractivity contribution in [1.29, 1.82) is 5.26 Å². The molecule has 0 unspecified atom stereocenters. The lowest BCUT2D eigenvalue weighted by Crippen LogP contribution is -2.11. The Morgan fingerprint density at radius 2 is 2.12 bits per heavy atom. The number of benzene rings is 1. The predicted molar refractivity (Wildman–Crippen MR) is 63.1 cm³/mol. The van der Waals surface area contributed by atoms with Gasteiger partial charge in [-0.1, -0.05) is 0 Å². The summed E-state index contributed by atoms with van der Waals surface area (Å²) >= 11 is 0. The molecular weight excluding hydrogens is 240 g/mol.